The van der Waals surface area contributed by atoms with E-state index in [9.17, 15) is 9.90 Å². The summed E-state index contributed by atoms with van der Waals surface area (Å²) < 4.78 is 15.8. The van der Waals surface area contributed by atoms with Crippen LogP contribution in [-0.2, 0) is 4.79 Å². The highest BCUT2D eigenvalue weighted by atomic mass is 16.5. The molecule has 122 valence electrons. The van der Waals surface area contributed by atoms with Crippen molar-refractivity contribution in [2.75, 3.05) is 21.3 Å². The van der Waals surface area contributed by atoms with Gasteiger partial charge in [0.25, 0.3) is 0 Å². The molecule has 23 heavy (non-hydrogen) atoms. The normalized spacial score (nSPS) is 11.6. The Bertz CT molecular complexity index is 664. The van der Waals surface area contributed by atoms with Gasteiger partial charge in [-0.3, -0.25) is 4.79 Å². The average molecular weight is 316 g/mol. The molecule has 0 aliphatic heterocycles. The van der Waals surface area contributed by atoms with E-state index in [4.69, 9.17) is 14.2 Å². The van der Waals surface area contributed by atoms with E-state index in [-0.39, 0.29) is 12.3 Å². The molecular formula is C18H20O5. The van der Waals surface area contributed by atoms with Gasteiger partial charge in [0, 0.05) is 17.5 Å². The second-order valence-electron chi connectivity index (χ2n) is 5.03. The van der Waals surface area contributed by atoms with Gasteiger partial charge < -0.3 is 19.3 Å². The number of benzene rings is 2. The van der Waals surface area contributed by atoms with Crippen molar-refractivity contribution in [3.63, 3.8) is 0 Å². The van der Waals surface area contributed by atoms with E-state index >= 15 is 0 Å². The first-order valence-corrected chi connectivity index (χ1v) is 7.16. The monoisotopic (exact) mass is 316 g/mol. The third kappa shape index (κ3) is 3.94. The second-order valence-corrected chi connectivity index (χ2v) is 5.03. The van der Waals surface area contributed by atoms with E-state index in [0.29, 0.717) is 11.5 Å². The predicted octanol–water partition coefficient (Wildman–Crippen LogP) is 3.32. The average Bonchev–Trinajstić information content (AvgIpc) is 2.59. The van der Waals surface area contributed by atoms with Crippen molar-refractivity contribution >= 4 is 5.97 Å². The van der Waals surface area contributed by atoms with Crippen molar-refractivity contribution in [3.05, 3.63) is 53.6 Å². The van der Waals surface area contributed by atoms with Gasteiger partial charge in [0.05, 0.1) is 27.8 Å². The van der Waals surface area contributed by atoms with Gasteiger partial charge in [-0.05, 0) is 23.8 Å². The van der Waals surface area contributed by atoms with Crippen LogP contribution >= 0.6 is 0 Å². The number of hydrogen-bond donors (Lipinski definition) is 1. The van der Waals surface area contributed by atoms with Crippen LogP contribution in [0.5, 0.6) is 17.2 Å². The standard InChI is InChI=1S/C18H20O5/c1-21-13-6-4-12(5-7-13)16(11-18(19)20)15-9-8-14(22-2)10-17(15)23-3/h4-10,16H,11H2,1-3H3,(H,19,20)/t16-/m1/s1. The van der Waals surface area contributed by atoms with Crippen LogP contribution in [0.3, 0.4) is 0 Å². The Morgan fingerprint density at radius 1 is 0.957 bits per heavy atom. The maximum Gasteiger partial charge on any atom is 0.304 e. The molecule has 0 amide bonds. The Balaban J connectivity index is 2.47. The van der Waals surface area contributed by atoms with E-state index in [0.717, 1.165) is 16.9 Å². The lowest BCUT2D eigenvalue weighted by atomic mass is 9.88. The molecule has 0 saturated heterocycles. The molecule has 0 radical (unpaired) electrons. The van der Waals surface area contributed by atoms with Crippen molar-refractivity contribution in [2.24, 2.45) is 0 Å². The van der Waals surface area contributed by atoms with Gasteiger partial charge in [-0.1, -0.05) is 18.2 Å². The van der Waals surface area contributed by atoms with E-state index in [1.54, 1.807) is 33.5 Å². The van der Waals surface area contributed by atoms with Crippen LogP contribution < -0.4 is 14.2 Å². The third-order valence-corrected chi connectivity index (χ3v) is 3.71. The zero-order chi connectivity index (χ0) is 16.8. The first-order chi connectivity index (χ1) is 11.1. The van der Waals surface area contributed by atoms with E-state index in [2.05, 4.69) is 0 Å². The Morgan fingerprint density at radius 3 is 2.09 bits per heavy atom. The van der Waals surface area contributed by atoms with Crippen LogP contribution in [0.15, 0.2) is 42.5 Å². The number of rotatable bonds is 7. The van der Waals surface area contributed by atoms with Crippen molar-refractivity contribution in [2.45, 2.75) is 12.3 Å². The third-order valence-electron chi connectivity index (χ3n) is 3.71. The quantitative estimate of drug-likeness (QED) is 0.849. The molecule has 0 heterocycles. The molecule has 5 heteroatoms. The highest BCUT2D eigenvalue weighted by Crippen LogP contribution is 2.37. The summed E-state index contributed by atoms with van der Waals surface area (Å²) >= 11 is 0. The molecule has 0 aliphatic rings. The van der Waals surface area contributed by atoms with Gasteiger partial charge in [-0.2, -0.15) is 0 Å². The number of methoxy groups -OCH3 is 3. The highest BCUT2D eigenvalue weighted by Gasteiger charge is 2.22. The smallest absolute Gasteiger partial charge is 0.304 e. The molecule has 0 spiro atoms. The lowest BCUT2D eigenvalue weighted by Crippen LogP contribution is -2.09. The minimum absolute atomic E-state index is 0.0327. The highest BCUT2D eigenvalue weighted by molar-refractivity contribution is 5.69. The van der Waals surface area contributed by atoms with Gasteiger partial charge in [0.15, 0.2) is 0 Å². The number of carboxylic acid groups (broad SMARTS) is 1. The lowest BCUT2D eigenvalue weighted by Gasteiger charge is -2.20. The van der Waals surface area contributed by atoms with Gasteiger partial charge in [0.1, 0.15) is 17.2 Å². The molecule has 0 fully saturated rings. The molecule has 0 unspecified atom stereocenters. The predicted molar refractivity (Wildman–Crippen MR) is 86.6 cm³/mol. The number of hydrogen-bond acceptors (Lipinski definition) is 4. The summed E-state index contributed by atoms with van der Waals surface area (Å²) in [5, 5.41) is 9.28. The Morgan fingerprint density at radius 2 is 1.57 bits per heavy atom. The second kappa shape index (κ2) is 7.54. The first-order valence-electron chi connectivity index (χ1n) is 7.16. The van der Waals surface area contributed by atoms with Gasteiger partial charge in [-0.15, -0.1) is 0 Å². The number of carbonyl (C=O) groups is 1. The van der Waals surface area contributed by atoms with E-state index in [1.165, 1.54) is 0 Å². The molecule has 2 rings (SSSR count). The summed E-state index contributed by atoms with van der Waals surface area (Å²) in [6, 6.07) is 12.8. The summed E-state index contributed by atoms with van der Waals surface area (Å²) in [5.41, 5.74) is 1.69. The van der Waals surface area contributed by atoms with E-state index < -0.39 is 5.97 Å². The molecule has 1 atom stereocenters. The van der Waals surface area contributed by atoms with Gasteiger partial charge in [-0.25, -0.2) is 0 Å². The Hall–Kier alpha value is -2.69. The molecular weight excluding hydrogens is 296 g/mol. The van der Waals surface area contributed by atoms with Crippen LogP contribution in [0.2, 0.25) is 0 Å². The fourth-order valence-corrected chi connectivity index (χ4v) is 2.52. The largest absolute Gasteiger partial charge is 0.497 e. The molecule has 1 N–H and O–H groups in total. The number of carboxylic acids is 1. The maximum absolute atomic E-state index is 11.3. The van der Waals surface area contributed by atoms with Crippen LogP contribution in [0, 0.1) is 0 Å². The first kappa shape index (κ1) is 16.7. The summed E-state index contributed by atoms with van der Waals surface area (Å²) in [6.07, 6.45) is -0.0327. The van der Waals surface area contributed by atoms with E-state index in [1.807, 2.05) is 30.3 Å². The zero-order valence-electron chi connectivity index (χ0n) is 13.4. The summed E-state index contributed by atoms with van der Waals surface area (Å²) in [6.45, 7) is 0. The number of aliphatic carboxylic acids is 1. The SMILES string of the molecule is COc1ccc([C@@H](CC(=O)O)c2ccc(OC)cc2OC)cc1. The van der Waals surface area contributed by atoms with Crippen LogP contribution in [0.1, 0.15) is 23.5 Å². The fourth-order valence-electron chi connectivity index (χ4n) is 2.52. The fraction of sp³-hybridized carbons (Fsp3) is 0.278. The van der Waals surface area contributed by atoms with Crippen molar-refractivity contribution in [1.29, 1.82) is 0 Å². The molecule has 2 aromatic rings. The Labute approximate surface area is 135 Å². The van der Waals surface area contributed by atoms with Crippen molar-refractivity contribution < 1.29 is 24.1 Å². The van der Waals surface area contributed by atoms with Gasteiger partial charge in [0.2, 0.25) is 0 Å². The molecule has 2 aromatic carbocycles. The summed E-state index contributed by atoms with van der Waals surface area (Å²) in [7, 11) is 4.73. The minimum Gasteiger partial charge on any atom is -0.497 e. The number of ether oxygens (including phenoxy) is 3. The minimum atomic E-state index is -0.872. The Kier molecular flexibility index (Phi) is 5.46. The van der Waals surface area contributed by atoms with Crippen molar-refractivity contribution in [1.82, 2.24) is 0 Å². The molecule has 0 aromatic heterocycles. The molecule has 0 aliphatic carbocycles. The topological polar surface area (TPSA) is 65.0 Å². The zero-order valence-corrected chi connectivity index (χ0v) is 13.4. The van der Waals surface area contributed by atoms with Crippen LogP contribution in [-0.4, -0.2) is 32.4 Å². The van der Waals surface area contributed by atoms with Gasteiger partial charge >= 0.3 is 5.97 Å². The van der Waals surface area contributed by atoms with Crippen LogP contribution in [0.25, 0.3) is 0 Å². The lowest BCUT2D eigenvalue weighted by molar-refractivity contribution is -0.137. The maximum atomic E-state index is 11.3. The van der Waals surface area contributed by atoms with Crippen molar-refractivity contribution in [3.8, 4) is 17.2 Å². The van der Waals surface area contributed by atoms with Crippen LogP contribution in [0.4, 0.5) is 0 Å². The summed E-state index contributed by atoms with van der Waals surface area (Å²) in [4.78, 5) is 11.3. The molecule has 0 bridgehead atoms. The summed E-state index contributed by atoms with van der Waals surface area (Å²) in [5.74, 6) is 0.799. The molecule has 0 saturated carbocycles. The molecule has 5 nitrogen and oxygen atoms in total.